The van der Waals surface area contributed by atoms with Crippen molar-refractivity contribution in [2.45, 2.75) is 27.7 Å². The molecule has 2 nitrogen and oxygen atoms in total. The summed E-state index contributed by atoms with van der Waals surface area (Å²) < 4.78 is 2.20. The van der Waals surface area contributed by atoms with E-state index in [4.69, 9.17) is 11.6 Å². The topological polar surface area (TPSA) is 17.3 Å². The molecule has 0 spiro atoms. The van der Waals surface area contributed by atoms with Gasteiger partial charge in [-0.3, -0.25) is 4.99 Å². The van der Waals surface area contributed by atoms with Crippen molar-refractivity contribution in [2.75, 3.05) is 0 Å². The summed E-state index contributed by atoms with van der Waals surface area (Å²) in [5.41, 5.74) is 7.96. The molecule has 0 aliphatic rings. The van der Waals surface area contributed by atoms with Crippen LogP contribution in [0.5, 0.6) is 0 Å². The fourth-order valence-electron chi connectivity index (χ4n) is 3.02. The third-order valence-electron chi connectivity index (χ3n) is 4.23. The molecular formula is C21H21ClN2. The number of hydrogen-bond donors (Lipinski definition) is 0. The van der Waals surface area contributed by atoms with E-state index in [2.05, 4.69) is 67.6 Å². The highest BCUT2D eigenvalue weighted by Gasteiger charge is 2.09. The SMILES string of the molecule is Cc1ccc(N=Cc2cc(C)n(-c3cccc(Cl)c3)c2C)c(C)c1. The Kier molecular flexibility index (Phi) is 4.59. The first kappa shape index (κ1) is 16.5. The van der Waals surface area contributed by atoms with Crippen molar-refractivity contribution in [1.82, 2.24) is 4.57 Å². The first-order valence-electron chi connectivity index (χ1n) is 8.02. The molecule has 1 heterocycles. The second-order valence-electron chi connectivity index (χ2n) is 6.19. The summed E-state index contributed by atoms with van der Waals surface area (Å²) in [5.74, 6) is 0. The van der Waals surface area contributed by atoms with E-state index in [1.165, 1.54) is 11.1 Å². The molecule has 0 radical (unpaired) electrons. The Labute approximate surface area is 148 Å². The number of nitrogens with zero attached hydrogens (tertiary/aromatic N) is 2. The van der Waals surface area contributed by atoms with Crippen molar-refractivity contribution in [3.63, 3.8) is 0 Å². The second kappa shape index (κ2) is 6.66. The van der Waals surface area contributed by atoms with Crippen LogP contribution in [0, 0.1) is 27.7 Å². The summed E-state index contributed by atoms with van der Waals surface area (Å²) in [5, 5.41) is 0.741. The van der Waals surface area contributed by atoms with Gasteiger partial charge in [0.25, 0.3) is 0 Å². The van der Waals surface area contributed by atoms with Crippen molar-refractivity contribution in [2.24, 2.45) is 4.99 Å². The Bertz CT molecular complexity index is 920. The summed E-state index contributed by atoms with van der Waals surface area (Å²) >= 11 is 6.14. The number of hydrogen-bond acceptors (Lipinski definition) is 1. The van der Waals surface area contributed by atoms with Crippen molar-refractivity contribution in [1.29, 1.82) is 0 Å². The van der Waals surface area contributed by atoms with E-state index in [1.807, 2.05) is 24.4 Å². The van der Waals surface area contributed by atoms with Crippen LogP contribution >= 0.6 is 11.6 Å². The zero-order valence-corrected chi connectivity index (χ0v) is 15.2. The van der Waals surface area contributed by atoms with E-state index in [0.29, 0.717) is 0 Å². The average molecular weight is 337 g/mol. The maximum atomic E-state index is 6.14. The van der Waals surface area contributed by atoms with Gasteiger partial charge in [-0.2, -0.15) is 0 Å². The predicted molar refractivity (Wildman–Crippen MR) is 103 cm³/mol. The smallest absolute Gasteiger partial charge is 0.0659 e. The van der Waals surface area contributed by atoms with Crippen LogP contribution < -0.4 is 0 Å². The highest BCUT2D eigenvalue weighted by molar-refractivity contribution is 6.30. The highest BCUT2D eigenvalue weighted by Crippen LogP contribution is 2.24. The van der Waals surface area contributed by atoms with Gasteiger partial charge in [-0.1, -0.05) is 35.4 Å². The number of benzene rings is 2. The third kappa shape index (κ3) is 3.29. The standard InChI is InChI=1S/C21H21ClN2/c1-14-8-9-21(15(2)10-14)23-13-18-11-16(3)24(17(18)4)20-7-5-6-19(22)12-20/h5-13H,1-4H3. The molecule has 1 aromatic heterocycles. The van der Waals surface area contributed by atoms with E-state index >= 15 is 0 Å². The quantitative estimate of drug-likeness (QED) is 0.513. The highest BCUT2D eigenvalue weighted by atomic mass is 35.5. The Hall–Kier alpha value is -2.32. The molecule has 0 unspecified atom stereocenters. The van der Waals surface area contributed by atoms with Crippen molar-refractivity contribution in [3.8, 4) is 5.69 Å². The van der Waals surface area contributed by atoms with Crippen LogP contribution in [0.1, 0.15) is 28.1 Å². The number of rotatable bonds is 3. The molecule has 3 heteroatoms. The number of halogens is 1. The van der Waals surface area contributed by atoms with Gasteiger partial charge in [0.2, 0.25) is 0 Å². The maximum absolute atomic E-state index is 6.14. The summed E-state index contributed by atoms with van der Waals surface area (Å²) in [6, 6.07) is 16.4. The van der Waals surface area contributed by atoms with E-state index < -0.39 is 0 Å². The zero-order chi connectivity index (χ0) is 17.3. The fourth-order valence-corrected chi connectivity index (χ4v) is 3.20. The molecule has 0 bridgehead atoms. The fraction of sp³-hybridized carbons (Fsp3) is 0.190. The molecule has 0 saturated carbocycles. The Morgan fingerprint density at radius 1 is 0.958 bits per heavy atom. The molecule has 0 amide bonds. The molecule has 0 aliphatic heterocycles. The van der Waals surface area contributed by atoms with Gasteiger partial charge in [0.1, 0.15) is 0 Å². The Morgan fingerprint density at radius 2 is 1.75 bits per heavy atom. The minimum absolute atomic E-state index is 0.741. The summed E-state index contributed by atoms with van der Waals surface area (Å²) in [6.07, 6.45) is 1.95. The second-order valence-corrected chi connectivity index (χ2v) is 6.63. The van der Waals surface area contributed by atoms with Crippen LogP contribution in [-0.4, -0.2) is 10.8 Å². The number of aliphatic imine (C=N–C) groups is 1. The van der Waals surface area contributed by atoms with Crippen LogP contribution in [0.15, 0.2) is 53.5 Å². The first-order valence-corrected chi connectivity index (χ1v) is 8.39. The normalized spacial score (nSPS) is 11.4. The van der Waals surface area contributed by atoms with E-state index in [9.17, 15) is 0 Å². The van der Waals surface area contributed by atoms with Gasteiger partial charge in [-0.25, -0.2) is 0 Å². The summed E-state index contributed by atoms with van der Waals surface area (Å²) in [6.45, 7) is 8.40. The first-order chi connectivity index (χ1) is 11.5. The van der Waals surface area contributed by atoms with Crippen LogP contribution in [0.4, 0.5) is 5.69 Å². The van der Waals surface area contributed by atoms with Crippen molar-refractivity contribution >= 4 is 23.5 Å². The Morgan fingerprint density at radius 3 is 2.46 bits per heavy atom. The van der Waals surface area contributed by atoms with Crippen molar-refractivity contribution in [3.05, 3.63) is 81.6 Å². The van der Waals surface area contributed by atoms with E-state index in [-0.39, 0.29) is 0 Å². The lowest BCUT2D eigenvalue weighted by atomic mass is 10.1. The lowest BCUT2D eigenvalue weighted by Crippen LogP contribution is -1.99. The molecule has 122 valence electrons. The lowest BCUT2D eigenvalue weighted by molar-refractivity contribution is 0.965. The lowest BCUT2D eigenvalue weighted by Gasteiger charge is -2.09. The van der Waals surface area contributed by atoms with Crippen LogP contribution in [-0.2, 0) is 0 Å². The minimum atomic E-state index is 0.741. The molecule has 3 aromatic rings. The molecule has 0 atom stereocenters. The molecule has 0 saturated heterocycles. The average Bonchev–Trinajstić information content (AvgIpc) is 2.80. The molecular weight excluding hydrogens is 316 g/mol. The number of aromatic nitrogens is 1. The predicted octanol–water partition coefficient (Wildman–Crippen LogP) is 6.11. The van der Waals surface area contributed by atoms with Gasteiger partial charge in [0, 0.05) is 33.9 Å². The van der Waals surface area contributed by atoms with Gasteiger partial charge >= 0.3 is 0 Å². The summed E-state index contributed by atoms with van der Waals surface area (Å²) in [4.78, 5) is 4.68. The van der Waals surface area contributed by atoms with Crippen LogP contribution in [0.2, 0.25) is 5.02 Å². The summed E-state index contributed by atoms with van der Waals surface area (Å²) in [7, 11) is 0. The number of aryl methyl sites for hydroxylation is 3. The van der Waals surface area contributed by atoms with Gasteiger partial charge in [-0.15, -0.1) is 0 Å². The maximum Gasteiger partial charge on any atom is 0.0659 e. The molecule has 0 N–H and O–H groups in total. The van der Waals surface area contributed by atoms with Gasteiger partial charge in [0.15, 0.2) is 0 Å². The van der Waals surface area contributed by atoms with Gasteiger partial charge in [0.05, 0.1) is 5.69 Å². The van der Waals surface area contributed by atoms with Crippen LogP contribution in [0.3, 0.4) is 0 Å². The van der Waals surface area contributed by atoms with Crippen molar-refractivity contribution < 1.29 is 0 Å². The zero-order valence-electron chi connectivity index (χ0n) is 14.5. The molecule has 3 rings (SSSR count). The molecule has 0 fully saturated rings. The van der Waals surface area contributed by atoms with E-state index in [0.717, 1.165) is 33.3 Å². The Balaban J connectivity index is 1.98. The van der Waals surface area contributed by atoms with Gasteiger partial charge < -0.3 is 4.57 Å². The molecule has 24 heavy (non-hydrogen) atoms. The van der Waals surface area contributed by atoms with Crippen LogP contribution in [0.25, 0.3) is 5.69 Å². The monoisotopic (exact) mass is 336 g/mol. The molecule has 0 aliphatic carbocycles. The van der Waals surface area contributed by atoms with Gasteiger partial charge in [-0.05, 0) is 63.6 Å². The minimum Gasteiger partial charge on any atom is -0.318 e. The molecule has 2 aromatic carbocycles. The van der Waals surface area contributed by atoms with E-state index in [1.54, 1.807) is 0 Å². The largest absolute Gasteiger partial charge is 0.318 e. The third-order valence-corrected chi connectivity index (χ3v) is 4.47.